The van der Waals surface area contributed by atoms with Crippen LogP contribution < -0.4 is 16.0 Å². The van der Waals surface area contributed by atoms with Crippen LogP contribution in [0.25, 0.3) is 0 Å². The Kier molecular flexibility index (Phi) is 4.59. The first-order valence-electron chi connectivity index (χ1n) is 5.80. The van der Waals surface area contributed by atoms with Gasteiger partial charge in [0.25, 0.3) is 0 Å². The minimum atomic E-state index is 0.313. The van der Waals surface area contributed by atoms with Gasteiger partial charge in [0.1, 0.15) is 18.2 Å². The summed E-state index contributed by atoms with van der Waals surface area (Å²) in [4.78, 5) is 9.65. The lowest BCUT2D eigenvalue weighted by atomic mass is 10.3. The number of hydrogen-bond acceptors (Lipinski definition) is 6. The molecule has 1 aromatic heterocycles. The number of rotatable bonds is 5. The third-order valence-electron chi connectivity index (χ3n) is 2.47. The van der Waals surface area contributed by atoms with Gasteiger partial charge in [0, 0.05) is 16.7 Å². The van der Waals surface area contributed by atoms with Crippen LogP contribution in [0.3, 0.4) is 0 Å². The van der Waals surface area contributed by atoms with Crippen molar-refractivity contribution in [2.75, 3.05) is 11.7 Å². The van der Waals surface area contributed by atoms with E-state index in [1.807, 2.05) is 37.4 Å². The van der Waals surface area contributed by atoms with Crippen molar-refractivity contribution in [2.24, 2.45) is 5.84 Å². The number of nitrogens with zero attached hydrogens (tertiary/aromatic N) is 2. The number of aryl methyl sites for hydroxylation is 1. The van der Waals surface area contributed by atoms with E-state index < -0.39 is 0 Å². The Hall–Kier alpha value is -1.79. The second kappa shape index (κ2) is 6.40. The van der Waals surface area contributed by atoms with Crippen LogP contribution in [0.1, 0.15) is 11.5 Å². The predicted molar refractivity (Wildman–Crippen MR) is 77.1 cm³/mol. The van der Waals surface area contributed by atoms with E-state index in [0.29, 0.717) is 18.2 Å². The number of nitrogens with two attached hydrogens (primary N) is 1. The van der Waals surface area contributed by atoms with Crippen LogP contribution in [-0.4, -0.2) is 16.2 Å². The first-order chi connectivity index (χ1) is 9.22. The van der Waals surface area contributed by atoms with Gasteiger partial charge in [-0.15, -0.1) is 11.8 Å². The Bertz CT molecular complexity index is 562. The number of para-hydroxylation sites is 1. The minimum Gasteiger partial charge on any atom is -0.484 e. The molecule has 0 spiro atoms. The summed E-state index contributed by atoms with van der Waals surface area (Å²) in [6.45, 7) is 2.20. The van der Waals surface area contributed by atoms with Gasteiger partial charge in [0.2, 0.25) is 0 Å². The summed E-state index contributed by atoms with van der Waals surface area (Å²) in [6, 6.07) is 9.66. The van der Waals surface area contributed by atoms with E-state index in [1.54, 1.807) is 17.8 Å². The summed E-state index contributed by atoms with van der Waals surface area (Å²) < 4.78 is 5.75. The average molecular weight is 276 g/mol. The molecule has 0 saturated carbocycles. The monoisotopic (exact) mass is 276 g/mol. The molecule has 1 heterocycles. The second-order valence-corrected chi connectivity index (χ2v) is 4.74. The van der Waals surface area contributed by atoms with Crippen LogP contribution >= 0.6 is 11.8 Å². The lowest BCUT2D eigenvalue weighted by molar-refractivity contribution is 0.289. The molecule has 0 aliphatic carbocycles. The Morgan fingerprint density at radius 3 is 2.84 bits per heavy atom. The van der Waals surface area contributed by atoms with Gasteiger partial charge >= 0.3 is 0 Å². The zero-order valence-electron chi connectivity index (χ0n) is 10.9. The molecule has 1 aromatic carbocycles. The first kappa shape index (κ1) is 13.6. The lowest BCUT2D eigenvalue weighted by Crippen LogP contribution is -2.12. The molecule has 0 radical (unpaired) electrons. The number of hydrazine groups is 1. The van der Waals surface area contributed by atoms with Crippen molar-refractivity contribution in [3.05, 3.63) is 41.9 Å². The number of anilines is 1. The van der Waals surface area contributed by atoms with Gasteiger partial charge in [0.05, 0.1) is 0 Å². The maximum atomic E-state index is 5.75. The molecule has 19 heavy (non-hydrogen) atoms. The van der Waals surface area contributed by atoms with Crippen molar-refractivity contribution in [2.45, 2.75) is 18.4 Å². The quantitative estimate of drug-likeness (QED) is 0.496. The highest BCUT2D eigenvalue weighted by Crippen LogP contribution is 2.27. The molecule has 0 aliphatic rings. The molecule has 5 nitrogen and oxygen atoms in total. The number of nitrogen functional groups attached to an aromatic ring is 1. The van der Waals surface area contributed by atoms with E-state index >= 15 is 0 Å². The zero-order chi connectivity index (χ0) is 13.7. The number of benzene rings is 1. The average Bonchev–Trinajstić information content (AvgIpc) is 2.44. The third kappa shape index (κ3) is 3.59. The van der Waals surface area contributed by atoms with E-state index in [-0.39, 0.29) is 0 Å². The van der Waals surface area contributed by atoms with Gasteiger partial charge in [-0.1, -0.05) is 12.1 Å². The minimum absolute atomic E-state index is 0.313. The number of nitrogens with one attached hydrogen (secondary N) is 1. The van der Waals surface area contributed by atoms with Gasteiger partial charge in [-0.3, -0.25) is 0 Å². The highest BCUT2D eigenvalue weighted by Gasteiger charge is 2.05. The van der Waals surface area contributed by atoms with Gasteiger partial charge in [-0.05, 0) is 25.3 Å². The van der Waals surface area contributed by atoms with Crippen molar-refractivity contribution < 1.29 is 4.74 Å². The van der Waals surface area contributed by atoms with Crippen molar-refractivity contribution in [3.63, 3.8) is 0 Å². The summed E-state index contributed by atoms with van der Waals surface area (Å²) in [5, 5.41) is 0. The molecule has 6 heteroatoms. The van der Waals surface area contributed by atoms with Crippen LogP contribution in [0, 0.1) is 6.92 Å². The smallest absolute Gasteiger partial charge is 0.168 e. The van der Waals surface area contributed by atoms with Crippen LogP contribution in [-0.2, 0) is 6.61 Å². The fourth-order valence-electron chi connectivity index (χ4n) is 1.65. The standard InChI is InChI=1S/C13H16N4OS/c1-9-7-12(17-14)16-13(15-9)8-18-10-5-3-4-6-11(10)19-2/h3-7H,8,14H2,1-2H3,(H,15,16,17). The molecule has 2 aromatic rings. The van der Waals surface area contributed by atoms with Gasteiger partial charge < -0.3 is 10.2 Å². The second-order valence-electron chi connectivity index (χ2n) is 3.89. The first-order valence-corrected chi connectivity index (χ1v) is 7.02. The van der Waals surface area contributed by atoms with E-state index in [9.17, 15) is 0 Å². The molecule has 0 bridgehead atoms. The van der Waals surface area contributed by atoms with Crippen LogP contribution in [0.4, 0.5) is 5.82 Å². The van der Waals surface area contributed by atoms with Gasteiger partial charge in [0.15, 0.2) is 5.82 Å². The predicted octanol–water partition coefficient (Wildman–Crippen LogP) is 2.37. The van der Waals surface area contributed by atoms with Crippen LogP contribution in [0.5, 0.6) is 5.75 Å². The molecule has 0 saturated heterocycles. The summed E-state index contributed by atoms with van der Waals surface area (Å²) in [5.74, 6) is 7.38. The maximum absolute atomic E-state index is 5.75. The molecular formula is C13H16N4OS. The van der Waals surface area contributed by atoms with E-state index in [0.717, 1.165) is 16.3 Å². The molecule has 0 fully saturated rings. The Labute approximate surface area is 116 Å². The number of hydrogen-bond donors (Lipinski definition) is 2. The number of thioether (sulfide) groups is 1. The van der Waals surface area contributed by atoms with Gasteiger partial charge in [-0.25, -0.2) is 15.8 Å². The van der Waals surface area contributed by atoms with E-state index in [2.05, 4.69) is 15.4 Å². The number of ether oxygens (including phenoxy) is 1. The molecule has 3 N–H and O–H groups in total. The maximum Gasteiger partial charge on any atom is 0.168 e. The third-order valence-corrected chi connectivity index (χ3v) is 3.25. The molecular weight excluding hydrogens is 260 g/mol. The molecule has 0 unspecified atom stereocenters. The highest BCUT2D eigenvalue weighted by atomic mass is 32.2. The summed E-state index contributed by atoms with van der Waals surface area (Å²) in [7, 11) is 0. The van der Waals surface area contributed by atoms with Crippen molar-refractivity contribution in [1.82, 2.24) is 9.97 Å². The fraction of sp³-hybridized carbons (Fsp3) is 0.231. The summed E-state index contributed by atoms with van der Waals surface area (Å²) in [5.41, 5.74) is 3.37. The van der Waals surface area contributed by atoms with E-state index in [1.165, 1.54) is 0 Å². The largest absolute Gasteiger partial charge is 0.484 e. The Morgan fingerprint density at radius 2 is 2.11 bits per heavy atom. The lowest BCUT2D eigenvalue weighted by Gasteiger charge is -2.10. The van der Waals surface area contributed by atoms with Crippen molar-refractivity contribution in [3.8, 4) is 5.75 Å². The summed E-state index contributed by atoms with van der Waals surface area (Å²) in [6.07, 6.45) is 2.02. The van der Waals surface area contributed by atoms with Gasteiger partial charge in [-0.2, -0.15) is 0 Å². The normalized spacial score (nSPS) is 10.3. The Balaban J connectivity index is 2.12. The van der Waals surface area contributed by atoms with Crippen molar-refractivity contribution in [1.29, 1.82) is 0 Å². The SMILES string of the molecule is CSc1ccccc1OCc1nc(C)cc(NN)n1. The fourth-order valence-corrected chi connectivity index (χ4v) is 2.19. The van der Waals surface area contributed by atoms with E-state index in [4.69, 9.17) is 10.6 Å². The molecule has 0 atom stereocenters. The topological polar surface area (TPSA) is 73.1 Å². The molecule has 0 aliphatic heterocycles. The molecule has 0 amide bonds. The molecule has 2 rings (SSSR count). The van der Waals surface area contributed by atoms with Crippen LogP contribution in [0.2, 0.25) is 0 Å². The number of aromatic nitrogens is 2. The van der Waals surface area contributed by atoms with Crippen LogP contribution in [0.15, 0.2) is 35.2 Å². The Morgan fingerprint density at radius 1 is 1.32 bits per heavy atom. The van der Waals surface area contributed by atoms with Crippen molar-refractivity contribution >= 4 is 17.6 Å². The summed E-state index contributed by atoms with van der Waals surface area (Å²) >= 11 is 1.64. The highest BCUT2D eigenvalue weighted by molar-refractivity contribution is 7.98. The molecule has 100 valence electrons. The zero-order valence-corrected chi connectivity index (χ0v) is 11.7.